The van der Waals surface area contributed by atoms with Crippen LogP contribution in [0.1, 0.15) is 29.6 Å². The summed E-state index contributed by atoms with van der Waals surface area (Å²) in [5.74, 6) is -1.66. The van der Waals surface area contributed by atoms with Crippen molar-refractivity contribution in [1.29, 1.82) is 0 Å². The topological polar surface area (TPSA) is 57.6 Å². The number of likely N-dealkylation sites (tertiary alicyclic amines) is 1. The average molecular weight is 299 g/mol. The van der Waals surface area contributed by atoms with E-state index in [-0.39, 0.29) is 0 Å². The van der Waals surface area contributed by atoms with E-state index in [1.807, 2.05) is 0 Å². The fraction of sp³-hybridized carbons (Fsp3) is 0.500. The highest BCUT2D eigenvalue weighted by molar-refractivity contribution is 7.85. The first kappa shape index (κ1) is 15.1. The maximum atomic E-state index is 13.3. The Morgan fingerprint density at radius 3 is 2.70 bits per heavy atom. The van der Waals surface area contributed by atoms with Crippen LogP contribution < -0.4 is 0 Å². The molecule has 4 nitrogen and oxygen atoms in total. The van der Waals surface area contributed by atoms with E-state index in [2.05, 4.69) is 4.90 Å². The molecule has 20 heavy (non-hydrogen) atoms. The fourth-order valence-corrected chi connectivity index (χ4v) is 3.45. The van der Waals surface area contributed by atoms with Crippen LogP contribution in [-0.4, -0.2) is 45.6 Å². The van der Waals surface area contributed by atoms with Crippen LogP contribution in [0.5, 0.6) is 0 Å². The smallest absolute Gasteiger partial charge is 0.338 e. The van der Waals surface area contributed by atoms with Gasteiger partial charge in [-0.25, -0.2) is 9.18 Å². The Balaban J connectivity index is 1.91. The molecular formula is C14H18FNO3S. The zero-order chi connectivity index (χ0) is 14.5. The van der Waals surface area contributed by atoms with Crippen molar-refractivity contribution in [3.8, 4) is 0 Å². The van der Waals surface area contributed by atoms with E-state index in [9.17, 15) is 13.4 Å². The van der Waals surface area contributed by atoms with Crippen molar-refractivity contribution in [3.63, 3.8) is 0 Å². The molecular weight excluding hydrogens is 281 g/mol. The van der Waals surface area contributed by atoms with Crippen LogP contribution in [0.2, 0.25) is 0 Å². The number of halogens is 1. The second-order valence-electron chi connectivity index (χ2n) is 4.90. The van der Waals surface area contributed by atoms with Gasteiger partial charge in [-0.15, -0.1) is 0 Å². The molecule has 1 aliphatic heterocycles. The lowest BCUT2D eigenvalue weighted by molar-refractivity contribution is 0.0691. The largest absolute Gasteiger partial charge is 0.478 e. The van der Waals surface area contributed by atoms with Gasteiger partial charge in [0.2, 0.25) is 0 Å². The first-order valence-electron chi connectivity index (χ1n) is 6.71. The zero-order valence-corrected chi connectivity index (χ0v) is 12.0. The Bertz CT molecular complexity index is 515. The monoisotopic (exact) mass is 299 g/mol. The molecule has 1 N–H and O–H groups in total. The maximum Gasteiger partial charge on any atom is 0.338 e. The second kappa shape index (κ2) is 6.95. The summed E-state index contributed by atoms with van der Waals surface area (Å²) in [5, 5.41) is 8.85. The van der Waals surface area contributed by atoms with Crippen LogP contribution in [0.4, 0.5) is 4.39 Å². The quantitative estimate of drug-likeness (QED) is 0.874. The lowest BCUT2D eigenvalue weighted by Gasteiger charge is -2.13. The summed E-state index contributed by atoms with van der Waals surface area (Å²) >= 11 is 0. The molecule has 6 heteroatoms. The highest BCUT2D eigenvalue weighted by Crippen LogP contribution is 2.15. The fourth-order valence-electron chi connectivity index (χ4n) is 2.35. The number of carbonyl (C=O) groups is 1. The molecule has 1 unspecified atom stereocenters. The molecule has 0 aromatic heterocycles. The summed E-state index contributed by atoms with van der Waals surface area (Å²) in [4.78, 5) is 13.6. The first-order valence-corrected chi connectivity index (χ1v) is 8.03. The minimum Gasteiger partial charge on any atom is -0.478 e. The van der Waals surface area contributed by atoms with Gasteiger partial charge in [-0.3, -0.25) is 4.21 Å². The standard InChI is InChI=1S/C14H18FNO3S/c15-13-5-4-11(10-12(13)14(17)18)20(19)9-3-8-16-6-1-2-7-16/h4-5,10H,1-3,6-9H2,(H,17,18). The lowest BCUT2D eigenvalue weighted by atomic mass is 10.2. The molecule has 1 aromatic carbocycles. The van der Waals surface area contributed by atoms with Crippen molar-refractivity contribution in [1.82, 2.24) is 4.90 Å². The predicted molar refractivity (Wildman–Crippen MR) is 74.9 cm³/mol. The molecule has 0 radical (unpaired) electrons. The van der Waals surface area contributed by atoms with Gasteiger partial charge in [-0.05, 0) is 57.1 Å². The van der Waals surface area contributed by atoms with Gasteiger partial charge in [0.1, 0.15) is 5.82 Å². The summed E-state index contributed by atoms with van der Waals surface area (Å²) in [6, 6.07) is 3.63. The maximum absolute atomic E-state index is 13.3. The molecule has 1 aliphatic rings. The van der Waals surface area contributed by atoms with E-state index >= 15 is 0 Å². The summed E-state index contributed by atoms with van der Waals surface area (Å²) in [6.45, 7) is 3.12. The van der Waals surface area contributed by atoms with Crippen molar-refractivity contribution in [2.45, 2.75) is 24.2 Å². The molecule has 0 saturated carbocycles. The molecule has 0 aliphatic carbocycles. The summed E-state index contributed by atoms with van der Waals surface area (Å²) in [6.07, 6.45) is 3.25. The number of hydrogen-bond acceptors (Lipinski definition) is 3. The van der Waals surface area contributed by atoms with Crippen molar-refractivity contribution >= 4 is 16.8 Å². The van der Waals surface area contributed by atoms with Crippen LogP contribution in [0.15, 0.2) is 23.1 Å². The summed E-state index contributed by atoms with van der Waals surface area (Å²) < 4.78 is 25.3. The molecule has 1 aromatic rings. The van der Waals surface area contributed by atoms with Crippen LogP contribution in [0, 0.1) is 5.82 Å². The third-order valence-corrected chi connectivity index (χ3v) is 4.87. The van der Waals surface area contributed by atoms with Crippen molar-refractivity contribution in [3.05, 3.63) is 29.6 Å². The van der Waals surface area contributed by atoms with Crippen LogP contribution in [-0.2, 0) is 10.8 Å². The van der Waals surface area contributed by atoms with Crippen molar-refractivity contribution in [2.24, 2.45) is 0 Å². The second-order valence-corrected chi connectivity index (χ2v) is 6.47. The molecule has 1 atom stereocenters. The number of carboxylic acids is 1. The Morgan fingerprint density at radius 1 is 1.35 bits per heavy atom. The third kappa shape index (κ3) is 3.86. The predicted octanol–water partition coefficient (Wildman–Crippen LogP) is 2.12. The summed E-state index contributed by atoms with van der Waals surface area (Å²) in [5.41, 5.74) is -0.421. The number of rotatable bonds is 6. The van der Waals surface area contributed by atoms with Gasteiger partial charge in [-0.2, -0.15) is 0 Å². The van der Waals surface area contributed by atoms with Gasteiger partial charge in [-0.1, -0.05) is 0 Å². The van der Waals surface area contributed by atoms with Crippen molar-refractivity contribution < 1.29 is 18.5 Å². The molecule has 110 valence electrons. The summed E-state index contributed by atoms with van der Waals surface area (Å²) in [7, 11) is -1.28. The van der Waals surface area contributed by atoms with Gasteiger partial charge < -0.3 is 10.0 Å². The van der Waals surface area contributed by atoms with Crippen molar-refractivity contribution in [2.75, 3.05) is 25.4 Å². The Hall–Kier alpha value is -1.27. The van der Waals surface area contributed by atoms with Gasteiger partial charge in [0, 0.05) is 10.6 Å². The van der Waals surface area contributed by atoms with E-state index in [1.165, 1.54) is 25.0 Å². The van der Waals surface area contributed by atoms with E-state index < -0.39 is 28.1 Å². The van der Waals surface area contributed by atoms with Gasteiger partial charge in [0.05, 0.1) is 16.4 Å². The Kier molecular flexibility index (Phi) is 5.25. The molecule has 0 bridgehead atoms. The molecule has 0 amide bonds. The zero-order valence-electron chi connectivity index (χ0n) is 11.2. The van der Waals surface area contributed by atoms with E-state index in [0.717, 1.165) is 32.1 Å². The first-order chi connectivity index (χ1) is 9.58. The van der Waals surface area contributed by atoms with Crippen LogP contribution in [0.3, 0.4) is 0 Å². The molecule has 2 rings (SSSR count). The van der Waals surface area contributed by atoms with Crippen LogP contribution >= 0.6 is 0 Å². The lowest BCUT2D eigenvalue weighted by Crippen LogP contribution is -2.21. The Labute approximate surface area is 120 Å². The number of carboxylic acid groups (broad SMARTS) is 1. The van der Waals surface area contributed by atoms with Crippen LogP contribution in [0.25, 0.3) is 0 Å². The minimum atomic E-state index is -1.33. The molecule has 1 heterocycles. The number of nitrogens with zero attached hydrogens (tertiary/aromatic N) is 1. The van der Waals surface area contributed by atoms with Gasteiger partial charge in [0.15, 0.2) is 0 Å². The number of hydrogen-bond donors (Lipinski definition) is 1. The average Bonchev–Trinajstić information content (AvgIpc) is 2.92. The van der Waals surface area contributed by atoms with E-state index in [4.69, 9.17) is 5.11 Å². The molecule has 1 fully saturated rings. The highest BCUT2D eigenvalue weighted by atomic mass is 32.2. The number of aromatic carboxylic acids is 1. The molecule has 0 spiro atoms. The number of benzene rings is 1. The normalized spacial score (nSPS) is 17.2. The highest BCUT2D eigenvalue weighted by Gasteiger charge is 2.15. The Morgan fingerprint density at radius 2 is 2.05 bits per heavy atom. The minimum absolute atomic E-state index is 0.380. The van der Waals surface area contributed by atoms with Gasteiger partial charge >= 0.3 is 5.97 Å². The van der Waals surface area contributed by atoms with E-state index in [0.29, 0.717) is 10.6 Å². The third-order valence-electron chi connectivity index (χ3n) is 3.43. The van der Waals surface area contributed by atoms with E-state index in [1.54, 1.807) is 0 Å². The van der Waals surface area contributed by atoms with Gasteiger partial charge in [0.25, 0.3) is 0 Å². The SMILES string of the molecule is O=C(O)c1cc(S(=O)CCCN2CCCC2)ccc1F. The molecule has 1 saturated heterocycles.